The zero-order valence-corrected chi connectivity index (χ0v) is 6.82. The van der Waals surface area contributed by atoms with Gasteiger partial charge < -0.3 is 0 Å². The third-order valence-corrected chi connectivity index (χ3v) is 2.19. The maximum atomic E-state index is 13.0. The average molecular weight is 174 g/mol. The molecule has 1 rings (SSSR count). The number of nitrogens with one attached hydrogen (secondary N) is 1. The minimum atomic E-state index is -2.62. The van der Waals surface area contributed by atoms with E-state index < -0.39 is 12.0 Å². The fourth-order valence-corrected chi connectivity index (χ4v) is 1.51. The Morgan fingerprint density at radius 1 is 1.50 bits per heavy atom. The van der Waals surface area contributed by atoms with Crippen molar-refractivity contribution in [2.45, 2.75) is 37.6 Å². The molecule has 0 amide bonds. The van der Waals surface area contributed by atoms with E-state index in [1.54, 1.807) is 0 Å². The van der Waals surface area contributed by atoms with Crippen LogP contribution in [0, 0.1) is 11.3 Å². The maximum absolute atomic E-state index is 13.0. The molecular formula is C8H12F2N2. The molecule has 1 unspecified atom stereocenters. The summed E-state index contributed by atoms with van der Waals surface area (Å²) in [5.74, 6) is -2.62. The molecule has 1 aliphatic carbocycles. The third kappa shape index (κ3) is 2.15. The molecule has 1 atom stereocenters. The summed E-state index contributed by atoms with van der Waals surface area (Å²) in [5, 5.41) is 10.8. The van der Waals surface area contributed by atoms with E-state index in [1.165, 1.54) is 0 Å². The van der Waals surface area contributed by atoms with Crippen LogP contribution in [-0.2, 0) is 0 Å². The lowest BCUT2D eigenvalue weighted by atomic mass is 9.91. The van der Waals surface area contributed by atoms with E-state index in [9.17, 15) is 8.78 Å². The summed E-state index contributed by atoms with van der Waals surface area (Å²) >= 11 is 0. The lowest BCUT2D eigenvalue weighted by molar-refractivity contribution is -0.0623. The number of halogens is 2. The molecule has 1 N–H and O–H groups in total. The van der Waals surface area contributed by atoms with Gasteiger partial charge in [-0.1, -0.05) is 6.42 Å². The van der Waals surface area contributed by atoms with Gasteiger partial charge in [-0.15, -0.1) is 0 Å². The van der Waals surface area contributed by atoms with Gasteiger partial charge in [0.1, 0.15) is 0 Å². The Bertz CT molecular complexity index is 186. The average Bonchev–Trinajstić information content (AvgIpc) is 2.02. The van der Waals surface area contributed by atoms with Gasteiger partial charge in [0.2, 0.25) is 0 Å². The highest BCUT2D eigenvalue weighted by molar-refractivity contribution is 4.89. The van der Waals surface area contributed by atoms with Gasteiger partial charge in [0.15, 0.2) is 0 Å². The molecule has 2 nitrogen and oxygen atoms in total. The molecule has 0 aliphatic heterocycles. The Hall–Kier alpha value is -0.690. The molecule has 1 fully saturated rings. The molecule has 0 aromatic heterocycles. The van der Waals surface area contributed by atoms with E-state index in [4.69, 9.17) is 5.26 Å². The van der Waals surface area contributed by atoms with Crippen LogP contribution in [0.15, 0.2) is 0 Å². The van der Waals surface area contributed by atoms with Crippen LogP contribution < -0.4 is 5.32 Å². The highest BCUT2D eigenvalue weighted by Gasteiger charge is 2.40. The summed E-state index contributed by atoms with van der Waals surface area (Å²) < 4.78 is 26.0. The monoisotopic (exact) mass is 174 g/mol. The number of nitrogens with zero attached hydrogens (tertiary/aromatic N) is 1. The third-order valence-electron chi connectivity index (χ3n) is 2.19. The molecule has 4 heteroatoms. The fourth-order valence-electron chi connectivity index (χ4n) is 1.51. The molecule has 0 aromatic carbocycles. The fraction of sp³-hybridized carbons (Fsp3) is 0.875. The van der Waals surface area contributed by atoms with Crippen LogP contribution in [-0.4, -0.2) is 18.5 Å². The van der Waals surface area contributed by atoms with E-state index >= 15 is 0 Å². The predicted molar refractivity (Wildman–Crippen MR) is 40.8 cm³/mol. The van der Waals surface area contributed by atoms with Crippen molar-refractivity contribution in [1.29, 1.82) is 5.26 Å². The molecule has 0 radical (unpaired) electrons. The first-order valence-corrected chi connectivity index (χ1v) is 4.15. The van der Waals surface area contributed by atoms with E-state index in [2.05, 4.69) is 5.32 Å². The largest absolute Gasteiger partial charge is 0.296 e. The van der Waals surface area contributed by atoms with Gasteiger partial charge in [-0.3, -0.25) is 5.32 Å². The summed E-state index contributed by atoms with van der Waals surface area (Å²) in [6.07, 6.45) is 1.86. The zero-order chi connectivity index (χ0) is 9.03. The van der Waals surface area contributed by atoms with Crippen molar-refractivity contribution in [3.63, 3.8) is 0 Å². The molecule has 0 aromatic rings. The molecule has 0 bridgehead atoms. The predicted octanol–water partition coefficient (Wildman–Crippen LogP) is 1.68. The van der Waals surface area contributed by atoms with Crippen molar-refractivity contribution in [3.8, 4) is 6.07 Å². The molecule has 68 valence electrons. The molecule has 1 aliphatic rings. The van der Waals surface area contributed by atoms with Crippen molar-refractivity contribution < 1.29 is 8.78 Å². The summed E-state index contributed by atoms with van der Waals surface area (Å²) in [5.41, 5.74) is 0. The van der Waals surface area contributed by atoms with Crippen LogP contribution in [0.1, 0.15) is 25.7 Å². The Labute approximate surface area is 70.6 Å². The highest BCUT2D eigenvalue weighted by Crippen LogP contribution is 2.33. The topological polar surface area (TPSA) is 35.8 Å². The van der Waals surface area contributed by atoms with E-state index in [-0.39, 0.29) is 13.0 Å². The van der Waals surface area contributed by atoms with E-state index in [1.807, 2.05) is 6.07 Å². The highest BCUT2D eigenvalue weighted by atomic mass is 19.3. The van der Waals surface area contributed by atoms with E-state index in [0.29, 0.717) is 12.8 Å². The van der Waals surface area contributed by atoms with Crippen molar-refractivity contribution in [3.05, 3.63) is 0 Å². The van der Waals surface area contributed by atoms with Crippen molar-refractivity contribution in [2.24, 2.45) is 0 Å². The van der Waals surface area contributed by atoms with Gasteiger partial charge in [0.05, 0.1) is 18.7 Å². The minimum absolute atomic E-state index is 0.0141. The first-order chi connectivity index (χ1) is 5.67. The lowest BCUT2D eigenvalue weighted by Crippen LogP contribution is -2.47. The lowest BCUT2D eigenvalue weighted by Gasteiger charge is -2.31. The standard InChI is InChI=1S/C8H12F2N2/c9-8(10)4-2-1-3-7(8)12-6-5-11/h7,12H,1-4,6H2. The summed E-state index contributed by atoms with van der Waals surface area (Å²) in [7, 11) is 0. The second-order valence-corrected chi connectivity index (χ2v) is 3.10. The maximum Gasteiger partial charge on any atom is 0.263 e. The van der Waals surface area contributed by atoms with Crippen LogP contribution in [0.3, 0.4) is 0 Å². The number of rotatable bonds is 2. The van der Waals surface area contributed by atoms with Gasteiger partial charge in [0, 0.05) is 6.42 Å². The molecule has 0 heterocycles. The first-order valence-electron chi connectivity index (χ1n) is 4.15. The van der Waals surface area contributed by atoms with Crippen molar-refractivity contribution in [1.82, 2.24) is 5.32 Å². The Morgan fingerprint density at radius 3 is 2.83 bits per heavy atom. The smallest absolute Gasteiger partial charge is 0.263 e. The number of hydrogen-bond acceptors (Lipinski definition) is 2. The SMILES string of the molecule is N#CCNC1CCCCC1(F)F. The second kappa shape index (κ2) is 3.81. The van der Waals surface area contributed by atoms with Gasteiger partial charge >= 0.3 is 0 Å². The van der Waals surface area contributed by atoms with Crippen molar-refractivity contribution in [2.75, 3.05) is 6.54 Å². The molecule has 1 saturated carbocycles. The van der Waals surface area contributed by atoms with Gasteiger partial charge in [0.25, 0.3) is 5.92 Å². The molecule has 12 heavy (non-hydrogen) atoms. The van der Waals surface area contributed by atoms with Crippen molar-refractivity contribution >= 4 is 0 Å². The number of hydrogen-bond donors (Lipinski definition) is 1. The summed E-state index contributed by atoms with van der Waals surface area (Å²) in [4.78, 5) is 0. The number of alkyl halides is 2. The van der Waals surface area contributed by atoms with Crippen LogP contribution in [0.5, 0.6) is 0 Å². The zero-order valence-electron chi connectivity index (χ0n) is 6.82. The number of nitriles is 1. The Morgan fingerprint density at radius 2 is 2.25 bits per heavy atom. The van der Waals surface area contributed by atoms with Crippen LogP contribution in [0.25, 0.3) is 0 Å². The Balaban J connectivity index is 2.44. The summed E-state index contributed by atoms with van der Waals surface area (Å²) in [6, 6.07) is 1.02. The van der Waals surface area contributed by atoms with Gasteiger partial charge in [-0.2, -0.15) is 5.26 Å². The second-order valence-electron chi connectivity index (χ2n) is 3.10. The molecule has 0 spiro atoms. The first kappa shape index (κ1) is 9.40. The molecule has 0 saturated heterocycles. The van der Waals surface area contributed by atoms with Gasteiger partial charge in [-0.05, 0) is 12.8 Å². The minimum Gasteiger partial charge on any atom is -0.296 e. The van der Waals surface area contributed by atoms with Crippen LogP contribution >= 0.6 is 0 Å². The van der Waals surface area contributed by atoms with Crippen LogP contribution in [0.2, 0.25) is 0 Å². The quantitative estimate of drug-likeness (QED) is 0.646. The van der Waals surface area contributed by atoms with E-state index in [0.717, 1.165) is 6.42 Å². The Kier molecular flexibility index (Phi) is 2.99. The normalized spacial score (nSPS) is 27.9. The molecular weight excluding hydrogens is 162 g/mol. The van der Waals surface area contributed by atoms with Crippen LogP contribution in [0.4, 0.5) is 8.78 Å². The summed E-state index contributed by atoms with van der Waals surface area (Å²) in [6.45, 7) is 0.0141. The van der Waals surface area contributed by atoms with Gasteiger partial charge in [-0.25, -0.2) is 8.78 Å².